The van der Waals surface area contributed by atoms with Gasteiger partial charge in [0.25, 0.3) is 0 Å². The third kappa shape index (κ3) is 4.16. The van der Waals surface area contributed by atoms with Crippen LogP contribution in [0.3, 0.4) is 0 Å². The molecule has 1 amide bonds. The molecule has 1 aromatic heterocycles. The molecule has 0 aromatic carbocycles. The fourth-order valence-corrected chi connectivity index (χ4v) is 1.25. The summed E-state index contributed by atoms with van der Waals surface area (Å²) in [6, 6.07) is 1.87. The first kappa shape index (κ1) is 11.8. The van der Waals surface area contributed by atoms with Crippen molar-refractivity contribution in [1.82, 2.24) is 10.3 Å². The molecular formula is C10H14ClN3O. The molecule has 4 nitrogen and oxygen atoms in total. The summed E-state index contributed by atoms with van der Waals surface area (Å²) in [5.41, 5.74) is 0.713. The Morgan fingerprint density at radius 3 is 2.93 bits per heavy atom. The lowest BCUT2D eigenvalue weighted by atomic mass is 10.3. The highest BCUT2D eigenvalue weighted by atomic mass is 35.5. The molecule has 0 radical (unpaired) electrons. The lowest BCUT2D eigenvalue weighted by Gasteiger charge is -2.10. The molecule has 2 N–H and O–H groups in total. The van der Waals surface area contributed by atoms with Gasteiger partial charge in [0.1, 0.15) is 0 Å². The van der Waals surface area contributed by atoms with Gasteiger partial charge in [0, 0.05) is 18.4 Å². The van der Waals surface area contributed by atoms with Gasteiger partial charge in [-0.3, -0.25) is 9.78 Å². The van der Waals surface area contributed by atoms with E-state index in [0.717, 1.165) is 0 Å². The van der Waals surface area contributed by atoms with Crippen LogP contribution >= 0.6 is 11.6 Å². The van der Waals surface area contributed by atoms with E-state index in [0.29, 0.717) is 10.7 Å². The van der Waals surface area contributed by atoms with Gasteiger partial charge in [0.2, 0.25) is 5.91 Å². The number of rotatable bonds is 4. The van der Waals surface area contributed by atoms with Gasteiger partial charge in [-0.1, -0.05) is 11.6 Å². The summed E-state index contributed by atoms with van der Waals surface area (Å²) < 4.78 is 0. The number of nitrogens with one attached hydrogen (secondary N) is 2. The average molecular weight is 228 g/mol. The van der Waals surface area contributed by atoms with Crippen LogP contribution in [0.4, 0.5) is 5.69 Å². The predicted octanol–water partition coefficient (Wildman–Crippen LogP) is 1.67. The second-order valence-electron chi connectivity index (χ2n) is 3.43. The van der Waals surface area contributed by atoms with Gasteiger partial charge < -0.3 is 10.6 Å². The summed E-state index contributed by atoms with van der Waals surface area (Å²) in [6.07, 6.45) is 3.15. The van der Waals surface area contributed by atoms with E-state index >= 15 is 0 Å². The lowest BCUT2D eigenvalue weighted by molar-refractivity contribution is -0.119. The molecule has 1 heterocycles. The van der Waals surface area contributed by atoms with Crippen LogP contribution in [-0.2, 0) is 4.79 Å². The second kappa shape index (κ2) is 5.56. The molecule has 0 bridgehead atoms. The molecule has 0 aliphatic carbocycles. The maximum Gasteiger partial charge on any atom is 0.239 e. The van der Waals surface area contributed by atoms with Crippen LogP contribution in [0.1, 0.15) is 13.8 Å². The smallest absolute Gasteiger partial charge is 0.239 e. The maximum atomic E-state index is 11.3. The van der Waals surface area contributed by atoms with E-state index in [2.05, 4.69) is 15.6 Å². The standard InChI is InChI=1S/C10H14ClN3O/c1-7(2)14-10(15)6-13-9-3-4-12-5-8(9)11/h3-5,7H,6H2,1-2H3,(H,12,13)(H,14,15). The minimum atomic E-state index is -0.0575. The van der Waals surface area contributed by atoms with E-state index in [1.165, 1.54) is 6.20 Å². The summed E-state index contributed by atoms with van der Waals surface area (Å²) in [5, 5.41) is 6.22. The zero-order valence-electron chi connectivity index (χ0n) is 8.75. The normalized spacial score (nSPS) is 10.1. The quantitative estimate of drug-likeness (QED) is 0.823. The van der Waals surface area contributed by atoms with E-state index in [4.69, 9.17) is 11.6 Å². The first-order valence-electron chi connectivity index (χ1n) is 4.72. The maximum absolute atomic E-state index is 11.3. The zero-order valence-corrected chi connectivity index (χ0v) is 9.51. The Morgan fingerprint density at radius 1 is 1.60 bits per heavy atom. The van der Waals surface area contributed by atoms with Gasteiger partial charge >= 0.3 is 0 Å². The van der Waals surface area contributed by atoms with Crippen molar-refractivity contribution in [2.75, 3.05) is 11.9 Å². The van der Waals surface area contributed by atoms with E-state index in [1.807, 2.05) is 13.8 Å². The minimum Gasteiger partial charge on any atom is -0.375 e. The molecule has 5 heteroatoms. The van der Waals surface area contributed by atoms with Gasteiger partial charge in [-0.05, 0) is 19.9 Å². The Bertz CT molecular complexity index is 341. The fourth-order valence-electron chi connectivity index (χ4n) is 1.07. The van der Waals surface area contributed by atoms with Crippen molar-refractivity contribution in [3.8, 4) is 0 Å². The Kier molecular flexibility index (Phi) is 4.37. The molecular weight excluding hydrogens is 214 g/mol. The Labute approximate surface area is 94.0 Å². The first-order chi connectivity index (χ1) is 7.09. The van der Waals surface area contributed by atoms with Gasteiger partial charge in [-0.15, -0.1) is 0 Å². The number of hydrogen-bond donors (Lipinski definition) is 2. The number of pyridine rings is 1. The number of nitrogens with zero attached hydrogens (tertiary/aromatic N) is 1. The second-order valence-corrected chi connectivity index (χ2v) is 3.84. The number of halogens is 1. The van der Waals surface area contributed by atoms with Crippen LogP contribution in [0.5, 0.6) is 0 Å². The van der Waals surface area contributed by atoms with Crippen LogP contribution in [0, 0.1) is 0 Å². The van der Waals surface area contributed by atoms with Crippen molar-refractivity contribution in [3.63, 3.8) is 0 Å². The monoisotopic (exact) mass is 227 g/mol. The zero-order chi connectivity index (χ0) is 11.3. The Morgan fingerprint density at radius 2 is 2.33 bits per heavy atom. The van der Waals surface area contributed by atoms with Gasteiger partial charge in [0.05, 0.1) is 17.3 Å². The highest BCUT2D eigenvalue weighted by Gasteiger charge is 2.04. The minimum absolute atomic E-state index is 0.0575. The largest absolute Gasteiger partial charge is 0.375 e. The third-order valence-electron chi connectivity index (χ3n) is 1.66. The van der Waals surface area contributed by atoms with Crippen molar-refractivity contribution < 1.29 is 4.79 Å². The summed E-state index contributed by atoms with van der Waals surface area (Å²) in [5.74, 6) is -0.0575. The van der Waals surface area contributed by atoms with Crippen LogP contribution in [0.15, 0.2) is 18.5 Å². The molecule has 0 saturated carbocycles. The molecule has 0 fully saturated rings. The first-order valence-corrected chi connectivity index (χ1v) is 5.10. The van der Waals surface area contributed by atoms with Crippen LogP contribution in [0.25, 0.3) is 0 Å². The molecule has 0 saturated heterocycles. The summed E-state index contributed by atoms with van der Waals surface area (Å²) in [4.78, 5) is 15.2. The molecule has 0 atom stereocenters. The fraction of sp³-hybridized carbons (Fsp3) is 0.400. The number of carbonyl (C=O) groups excluding carboxylic acids is 1. The number of aromatic nitrogens is 1. The van der Waals surface area contributed by atoms with Crippen molar-refractivity contribution >= 4 is 23.2 Å². The van der Waals surface area contributed by atoms with Gasteiger partial charge in [-0.2, -0.15) is 0 Å². The van der Waals surface area contributed by atoms with Gasteiger partial charge in [0.15, 0.2) is 0 Å². The summed E-state index contributed by atoms with van der Waals surface area (Å²) in [6.45, 7) is 4.04. The van der Waals surface area contributed by atoms with Crippen LogP contribution < -0.4 is 10.6 Å². The lowest BCUT2D eigenvalue weighted by Crippen LogP contribution is -2.34. The SMILES string of the molecule is CC(C)NC(=O)CNc1ccncc1Cl. The highest BCUT2D eigenvalue weighted by Crippen LogP contribution is 2.18. The average Bonchev–Trinajstić information content (AvgIpc) is 2.15. The third-order valence-corrected chi connectivity index (χ3v) is 1.96. The van der Waals surface area contributed by atoms with E-state index in [1.54, 1.807) is 12.3 Å². The van der Waals surface area contributed by atoms with E-state index < -0.39 is 0 Å². The van der Waals surface area contributed by atoms with Crippen molar-refractivity contribution in [1.29, 1.82) is 0 Å². The molecule has 1 aromatic rings. The molecule has 0 aliphatic heterocycles. The van der Waals surface area contributed by atoms with E-state index in [-0.39, 0.29) is 18.5 Å². The summed E-state index contributed by atoms with van der Waals surface area (Å²) >= 11 is 5.86. The Balaban J connectivity index is 2.44. The molecule has 0 aliphatic rings. The number of anilines is 1. The van der Waals surface area contributed by atoms with Crippen molar-refractivity contribution in [2.24, 2.45) is 0 Å². The van der Waals surface area contributed by atoms with Crippen molar-refractivity contribution in [3.05, 3.63) is 23.5 Å². The molecule has 15 heavy (non-hydrogen) atoms. The Hall–Kier alpha value is -1.29. The van der Waals surface area contributed by atoms with Crippen molar-refractivity contribution in [2.45, 2.75) is 19.9 Å². The van der Waals surface area contributed by atoms with Crippen LogP contribution in [0.2, 0.25) is 5.02 Å². The van der Waals surface area contributed by atoms with Gasteiger partial charge in [-0.25, -0.2) is 0 Å². The molecule has 82 valence electrons. The highest BCUT2D eigenvalue weighted by molar-refractivity contribution is 6.33. The van der Waals surface area contributed by atoms with Crippen LogP contribution in [-0.4, -0.2) is 23.5 Å². The molecule has 0 spiro atoms. The number of amides is 1. The number of hydrogen-bond acceptors (Lipinski definition) is 3. The summed E-state index contributed by atoms with van der Waals surface area (Å²) in [7, 11) is 0. The van der Waals surface area contributed by atoms with E-state index in [9.17, 15) is 4.79 Å². The number of carbonyl (C=O) groups is 1. The predicted molar refractivity (Wildman–Crippen MR) is 61.0 cm³/mol. The topological polar surface area (TPSA) is 54.0 Å². The molecule has 0 unspecified atom stereocenters. The molecule has 1 rings (SSSR count).